The van der Waals surface area contributed by atoms with Gasteiger partial charge in [-0.25, -0.2) is 0 Å². The Bertz CT molecular complexity index is 652. The zero-order valence-electron chi connectivity index (χ0n) is 12.4. The van der Waals surface area contributed by atoms with Crippen LogP contribution in [-0.2, 0) is 6.42 Å². The number of H-pyrrole nitrogens is 1. The summed E-state index contributed by atoms with van der Waals surface area (Å²) in [7, 11) is 1.74. The van der Waals surface area contributed by atoms with Crippen molar-refractivity contribution in [3.8, 4) is 12.3 Å². The second-order valence-electron chi connectivity index (χ2n) is 4.58. The van der Waals surface area contributed by atoms with Crippen molar-refractivity contribution in [3.63, 3.8) is 0 Å². The van der Waals surface area contributed by atoms with Crippen molar-refractivity contribution in [3.05, 3.63) is 35.5 Å². The highest BCUT2D eigenvalue weighted by atomic mass is 127. The number of aromatic amines is 1. The molecular weight excluding hydrogens is 375 g/mol. The number of halogens is 1. The van der Waals surface area contributed by atoms with E-state index in [0.717, 1.165) is 18.9 Å². The minimum Gasteiger partial charge on any atom is -0.358 e. The van der Waals surface area contributed by atoms with Crippen LogP contribution in [0.5, 0.6) is 0 Å². The molecule has 112 valence electrons. The molecule has 0 fully saturated rings. The van der Waals surface area contributed by atoms with Gasteiger partial charge in [0.1, 0.15) is 0 Å². The third-order valence-electron chi connectivity index (χ3n) is 3.28. The Morgan fingerprint density at radius 3 is 2.81 bits per heavy atom. The Labute approximate surface area is 142 Å². The molecule has 1 aromatic carbocycles. The number of hydrogen-bond acceptors (Lipinski definition) is 1. The fourth-order valence-corrected chi connectivity index (χ4v) is 2.32. The van der Waals surface area contributed by atoms with Crippen molar-refractivity contribution in [2.24, 2.45) is 4.99 Å². The number of aryl methyl sites for hydroxylation is 1. The normalized spacial score (nSPS) is 10.8. The van der Waals surface area contributed by atoms with Crippen molar-refractivity contribution in [1.29, 1.82) is 0 Å². The molecule has 1 aromatic heterocycles. The molecule has 0 amide bonds. The Kier molecular flexibility index (Phi) is 7.09. The van der Waals surface area contributed by atoms with Crippen molar-refractivity contribution in [1.82, 2.24) is 15.6 Å². The van der Waals surface area contributed by atoms with Crippen LogP contribution >= 0.6 is 24.0 Å². The van der Waals surface area contributed by atoms with E-state index >= 15 is 0 Å². The van der Waals surface area contributed by atoms with Gasteiger partial charge in [0.2, 0.25) is 0 Å². The minimum atomic E-state index is 0. The number of fused-ring (bicyclic) bond motifs is 1. The standard InChI is InChI=1S/C16H20N4.HI/c1-4-10-18-16(17-3)19-11-9-13-12(2)20-15-8-6-5-7-14(13)15;/h1,5-8,20H,9-11H2,2-3H3,(H2,17,18,19);1H. The number of terminal acetylenes is 1. The van der Waals surface area contributed by atoms with Crippen LogP contribution in [0.2, 0.25) is 0 Å². The molecule has 21 heavy (non-hydrogen) atoms. The quantitative estimate of drug-likeness (QED) is 0.322. The molecule has 2 rings (SSSR count). The number of nitrogens with one attached hydrogen (secondary N) is 3. The molecule has 0 spiro atoms. The van der Waals surface area contributed by atoms with Crippen LogP contribution in [0.4, 0.5) is 0 Å². The number of nitrogens with zero attached hydrogens (tertiary/aromatic N) is 1. The average molecular weight is 396 g/mol. The van der Waals surface area contributed by atoms with E-state index in [-0.39, 0.29) is 24.0 Å². The second-order valence-corrected chi connectivity index (χ2v) is 4.58. The molecule has 0 saturated heterocycles. The van der Waals surface area contributed by atoms with Gasteiger partial charge >= 0.3 is 0 Å². The molecule has 4 nitrogen and oxygen atoms in total. The van der Waals surface area contributed by atoms with Crippen molar-refractivity contribution in [2.75, 3.05) is 20.1 Å². The van der Waals surface area contributed by atoms with Gasteiger partial charge < -0.3 is 15.6 Å². The predicted octanol–water partition coefficient (Wildman–Crippen LogP) is 2.44. The number of rotatable bonds is 4. The lowest BCUT2D eigenvalue weighted by atomic mass is 10.1. The highest BCUT2D eigenvalue weighted by molar-refractivity contribution is 14.0. The van der Waals surface area contributed by atoms with Crippen molar-refractivity contribution in [2.45, 2.75) is 13.3 Å². The van der Waals surface area contributed by atoms with Crippen LogP contribution in [0, 0.1) is 19.3 Å². The van der Waals surface area contributed by atoms with E-state index in [9.17, 15) is 0 Å². The molecule has 1 heterocycles. The molecule has 0 unspecified atom stereocenters. The zero-order chi connectivity index (χ0) is 14.4. The fraction of sp³-hybridized carbons (Fsp3) is 0.312. The number of hydrogen-bond donors (Lipinski definition) is 3. The second kappa shape index (κ2) is 8.57. The summed E-state index contributed by atoms with van der Waals surface area (Å²) >= 11 is 0. The van der Waals surface area contributed by atoms with E-state index in [2.05, 4.69) is 51.7 Å². The van der Waals surface area contributed by atoms with Gasteiger partial charge in [-0.3, -0.25) is 4.99 Å². The summed E-state index contributed by atoms with van der Waals surface area (Å²) < 4.78 is 0. The molecular formula is C16H21IN4. The average Bonchev–Trinajstić information content (AvgIpc) is 2.78. The smallest absolute Gasteiger partial charge is 0.191 e. The lowest BCUT2D eigenvalue weighted by Crippen LogP contribution is -2.38. The van der Waals surface area contributed by atoms with E-state index in [4.69, 9.17) is 6.42 Å². The van der Waals surface area contributed by atoms with Crippen LogP contribution in [0.15, 0.2) is 29.3 Å². The maximum Gasteiger partial charge on any atom is 0.191 e. The third-order valence-corrected chi connectivity index (χ3v) is 3.28. The van der Waals surface area contributed by atoms with Crippen LogP contribution in [-0.4, -0.2) is 31.1 Å². The van der Waals surface area contributed by atoms with Crippen LogP contribution in [0.25, 0.3) is 10.9 Å². The van der Waals surface area contributed by atoms with E-state index in [1.54, 1.807) is 7.05 Å². The summed E-state index contributed by atoms with van der Waals surface area (Å²) in [4.78, 5) is 7.53. The molecule has 2 aromatic rings. The topological polar surface area (TPSA) is 52.2 Å². The highest BCUT2D eigenvalue weighted by Gasteiger charge is 2.07. The molecule has 5 heteroatoms. The number of guanidine groups is 1. The molecule has 3 N–H and O–H groups in total. The van der Waals surface area contributed by atoms with E-state index in [0.29, 0.717) is 6.54 Å². The summed E-state index contributed by atoms with van der Waals surface area (Å²) in [6, 6.07) is 8.37. The monoisotopic (exact) mass is 396 g/mol. The van der Waals surface area contributed by atoms with Crippen LogP contribution in [0.3, 0.4) is 0 Å². The van der Waals surface area contributed by atoms with E-state index < -0.39 is 0 Å². The first kappa shape index (κ1) is 17.4. The number of para-hydroxylation sites is 1. The number of benzene rings is 1. The van der Waals surface area contributed by atoms with Gasteiger partial charge in [-0.1, -0.05) is 24.1 Å². The van der Waals surface area contributed by atoms with Crippen LogP contribution in [0.1, 0.15) is 11.3 Å². The summed E-state index contributed by atoms with van der Waals surface area (Å²) in [6.07, 6.45) is 6.16. The van der Waals surface area contributed by atoms with E-state index in [1.807, 2.05) is 6.07 Å². The van der Waals surface area contributed by atoms with Gasteiger partial charge in [0, 0.05) is 30.2 Å². The summed E-state index contributed by atoms with van der Waals surface area (Å²) in [5.74, 6) is 3.27. The van der Waals surface area contributed by atoms with Crippen molar-refractivity contribution < 1.29 is 0 Å². The zero-order valence-corrected chi connectivity index (χ0v) is 14.7. The molecule has 0 aliphatic heterocycles. The van der Waals surface area contributed by atoms with E-state index in [1.165, 1.54) is 22.2 Å². The Morgan fingerprint density at radius 1 is 1.33 bits per heavy atom. The summed E-state index contributed by atoms with van der Waals surface area (Å²) in [5, 5.41) is 7.60. The maximum absolute atomic E-state index is 5.22. The predicted molar refractivity (Wildman–Crippen MR) is 100 cm³/mol. The lowest BCUT2D eigenvalue weighted by Gasteiger charge is -2.09. The highest BCUT2D eigenvalue weighted by Crippen LogP contribution is 2.21. The molecule has 0 aliphatic rings. The molecule has 0 radical (unpaired) electrons. The fourth-order valence-electron chi connectivity index (χ4n) is 2.32. The first-order valence-corrected chi connectivity index (χ1v) is 6.70. The first-order chi connectivity index (χ1) is 9.76. The Balaban J connectivity index is 0.00000220. The number of aromatic nitrogens is 1. The number of aliphatic imine (C=N–C) groups is 1. The van der Waals surface area contributed by atoms with Crippen LogP contribution < -0.4 is 10.6 Å². The Hall–Kier alpha value is -1.68. The van der Waals surface area contributed by atoms with Gasteiger partial charge in [0.05, 0.1) is 6.54 Å². The van der Waals surface area contributed by atoms with Gasteiger partial charge in [0.25, 0.3) is 0 Å². The van der Waals surface area contributed by atoms with Gasteiger partial charge in [0.15, 0.2) is 5.96 Å². The van der Waals surface area contributed by atoms with Gasteiger partial charge in [-0.2, -0.15) is 0 Å². The molecule has 0 atom stereocenters. The molecule has 0 saturated carbocycles. The largest absolute Gasteiger partial charge is 0.358 e. The lowest BCUT2D eigenvalue weighted by molar-refractivity contribution is 0.823. The Morgan fingerprint density at radius 2 is 2.10 bits per heavy atom. The van der Waals surface area contributed by atoms with Gasteiger partial charge in [-0.05, 0) is 25.0 Å². The molecule has 0 aliphatic carbocycles. The summed E-state index contributed by atoms with van der Waals surface area (Å²) in [6.45, 7) is 3.40. The summed E-state index contributed by atoms with van der Waals surface area (Å²) in [5.41, 5.74) is 3.76. The maximum atomic E-state index is 5.22. The van der Waals surface area contributed by atoms with Gasteiger partial charge in [-0.15, -0.1) is 30.4 Å². The first-order valence-electron chi connectivity index (χ1n) is 6.70. The SMILES string of the molecule is C#CCNC(=NC)NCCc1c(C)[nH]c2ccccc12.I. The minimum absolute atomic E-state index is 0. The van der Waals surface area contributed by atoms with Crippen molar-refractivity contribution >= 4 is 40.8 Å². The molecule has 0 bridgehead atoms. The third kappa shape index (κ3) is 4.39.